The highest BCUT2D eigenvalue weighted by atomic mass is 16.5. The number of piperidine rings is 3. The summed E-state index contributed by atoms with van der Waals surface area (Å²) in [5.41, 5.74) is 1.36. The molecule has 3 fully saturated rings. The maximum atomic E-state index is 12.9. The number of aromatic nitrogens is 1. The fraction of sp³-hybridized carbons (Fsp3) is 0.520. The molecule has 1 unspecified atom stereocenters. The lowest BCUT2D eigenvalue weighted by molar-refractivity contribution is -0.0445. The molecule has 6 heteroatoms. The number of aliphatic hydroxyl groups is 1. The lowest BCUT2D eigenvalue weighted by Crippen LogP contribution is -2.54. The Morgan fingerprint density at radius 1 is 1.39 bits per heavy atom. The average molecular weight is 424 g/mol. The average Bonchev–Trinajstić information content (AvgIpc) is 2.76. The van der Waals surface area contributed by atoms with Gasteiger partial charge in [0.15, 0.2) is 0 Å². The summed E-state index contributed by atoms with van der Waals surface area (Å²) >= 11 is 0. The number of nitrogens with zero attached hydrogens (tertiary/aromatic N) is 2. The predicted octanol–water partition coefficient (Wildman–Crippen LogP) is 3.70. The predicted molar refractivity (Wildman–Crippen MR) is 122 cm³/mol. The fourth-order valence-electron chi connectivity index (χ4n) is 5.04. The molecule has 2 aromatic rings. The van der Waals surface area contributed by atoms with E-state index in [2.05, 4.69) is 27.9 Å². The number of hydrogen-bond acceptors (Lipinski definition) is 5. The Kier molecular flexibility index (Phi) is 5.79. The van der Waals surface area contributed by atoms with Gasteiger partial charge in [-0.15, -0.1) is 6.58 Å². The lowest BCUT2D eigenvalue weighted by Gasteiger charge is -2.50. The van der Waals surface area contributed by atoms with Crippen LogP contribution in [0, 0.1) is 11.8 Å². The highest BCUT2D eigenvalue weighted by Crippen LogP contribution is 2.42. The molecular weight excluding hydrogens is 390 g/mol. The zero-order chi connectivity index (χ0) is 22.3. The molecule has 1 aromatic carbocycles. The van der Waals surface area contributed by atoms with E-state index in [0.717, 1.165) is 36.9 Å². The van der Waals surface area contributed by atoms with Crippen LogP contribution < -0.4 is 10.1 Å². The van der Waals surface area contributed by atoms with Crippen LogP contribution in [0.3, 0.4) is 0 Å². The first-order chi connectivity index (χ1) is 14.7. The van der Waals surface area contributed by atoms with Crippen LogP contribution in [0.2, 0.25) is 0 Å². The van der Waals surface area contributed by atoms with Gasteiger partial charge in [-0.1, -0.05) is 6.08 Å². The number of methoxy groups -OCH3 is 1. The van der Waals surface area contributed by atoms with Gasteiger partial charge in [-0.3, -0.25) is 9.69 Å². The van der Waals surface area contributed by atoms with Crippen molar-refractivity contribution >= 4 is 16.8 Å². The number of benzene rings is 1. The number of hydrogen-bond donors (Lipinski definition) is 2. The molecule has 0 radical (unpaired) electrons. The van der Waals surface area contributed by atoms with E-state index in [0.29, 0.717) is 28.8 Å². The van der Waals surface area contributed by atoms with Crippen molar-refractivity contribution < 1.29 is 14.6 Å². The quantitative estimate of drug-likeness (QED) is 0.718. The Balaban J connectivity index is 1.75. The summed E-state index contributed by atoms with van der Waals surface area (Å²) in [6.07, 6.45) is 3.41. The maximum Gasteiger partial charge on any atom is 0.270 e. The summed E-state index contributed by atoms with van der Waals surface area (Å²) in [7, 11) is 1.62. The molecular formula is C25H33N3O3. The molecule has 5 atom stereocenters. The molecule has 5 rings (SSSR count). The zero-order valence-electron chi connectivity index (χ0n) is 18.9. The van der Waals surface area contributed by atoms with Crippen molar-refractivity contribution in [2.45, 2.75) is 51.3 Å². The van der Waals surface area contributed by atoms with Gasteiger partial charge in [0.05, 0.1) is 18.7 Å². The molecule has 0 saturated carbocycles. The number of ether oxygens (including phenoxy) is 1. The van der Waals surface area contributed by atoms with E-state index in [9.17, 15) is 9.90 Å². The Morgan fingerprint density at radius 2 is 2.16 bits per heavy atom. The highest BCUT2D eigenvalue weighted by Gasteiger charge is 2.42. The first-order valence-electron chi connectivity index (χ1n) is 11.1. The maximum absolute atomic E-state index is 12.9. The summed E-state index contributed by atoms with van der Waals surface area (Å²) < 4.78 is 5.41. The van der Waals surface area contributed by atoms with Crippen molar-refractivity contribution in [1.82, 2.24) is 15.2 Å². The monoisotopic (exact) mass is 423 g/mol. The molecule has 3 aliphatic heterocycles. The van der Waals surface area contributed by atoms with Gasteiger partial charge in [0, 0.05) is 23.5 Å². The summed E-state index contributed by atoms with van der Waals surface area (Å²) in [4.78, 5) is 19.9. The highest BCUT2D eigenvalue weighted by molar-refractivity contribution is 5.96. The van der Waals surface area contributed by atoms with Crippen molar-refractivity contribution in [3.63, 3.8) is 0 Å². The molecule has 3 aliphatic rings. The van der Waals surface area contributed by atoms with Crippen LogP contribution in [0.5, 0.6) is 5.75 Å². The molecule has 2 N–H and O–H groups in total. The van der Waals surface area contributed by atoms with E-state index in [1.54, 1.807) is 13.2 Å². The van der Waals surface area contributed by atoms with Gasteiger partial charge in [-0.2, -0.15) is 0 Å². The van der Waals surface area contributed by atoms with Crippen molar-refractivity contribution in [2.24, 2.45) is 11.8 Å². The van der Waals surface area contributed by atoms with Gasteiger partial charge in [-0.25, -0.2) is 4.98 Å². The number of rotatable bonds is 5. The van der Waals surface area contributed by atoms with Crippen LogP contribution in [-0.4, -0.2) is 52.7 Å². The molecule has 0 spiro atoms. The number of amides is 1. The van der Waals surface area contributed by atoms with E-state index in [-0.39, 0.29) is 17.5 Å². The Labute approximate surface area is 184 Å². The van der Waals surface area contributed by atoms with Crippen molar-refractivity contribution in [1.29, 1.82) is 0 Å². The zero-order valence-corrected chi connectivity index (χ0v) is 18.9. The second-order valence-corrected chi connectivity index (χ2v) is 9.88. The largest absolute Gasteiger partial charge is 0.497 e. The lowest BCUT2D eigenvalue weighted by atomic mass is 9.73. The molecule has 4 heterocycles. The van der Waals surface area contributed by atoms with Crippen LogP contribution in [0.1, 0.15) is 55.8 Å². The number of aliphatic hydroxyl groups excluding tert-OH is 1. The smallest absolute Gasteiger partial charge is 0.270 e. The second kappa shape index (κ2) is 8.24. The molecule has 3 saturated heterocycles. The Morgan fingerprint density at radius 3 is 2.77 bits per heavy atom. The molecule has 0 aliphatic carbocycles. The minimum absolute atomic E-state index is 0.0188. The van der Waals surface area contributed by atoms with Gasteiger partial charge in [0.2, 0.25) is 0 Å². The van der Waals surface area contributed by atoms with E-state index < -0.39 is 6.10 Å². The van der Waals surface area contributed by atoms with Gasteiger partial charge in [0.1, 0.15) is 11.4 Å². The second-order valence-electron chi connectivity index (χ2n) is 9.88. The molecule has 1 amide bonds. The van der Waals surface area contributed by atoms with E-state index in [4.69, 9.17) is 4.74 Å². The Hall–Kier alpha value is -2.44. The summed E-state index contributed by atoms with van der Waals surface area (Å²) in [6, 6.07) is 7.35. The normalized spacial score (nSPS) is 26.5. The molecule has 6 nitrogen and oxygen atoms in total. The van der Waals surface area contributed by atoms with Crippen molar-refractivity contribution in [3.8, 4) is 5.75 Å². The van der Waals surface area contributed by atoms with E-state index in [1.807, 2.05) is 39.0 Å². The van der Waals surface area contributed by atoms with Crippen LogP contribution in [0.4, 0.5) is 0 Å². The first kappa shape index (κ1) is 21.8. The summed E-state index contributed by atoms with van der Waals surface area (Å²) in [6.45, 7) is 11.7. The number of fused-ring (bicyclic) bond motifs is 4. The third-order valence-corrected chi connectivity index (χ3v) is 6.61. The van der Waals surface area contributed by atoms with Gasteiger partial charge < -0.3 is 15.2 Å². The van der Waals surface area contributed by atoms with Gasteiger partial charge >= 0.3 is 0 Å². The fourth-order valence-corrected chi connectivity index (χ4v) is 5.04. The van der Waals surface area contributed by atoms with E-state index >= 15 is 0 Å². The van der Waals surface area contributed by atoms with Crippen molar-refractivity contribution in [2.75, 3.05) is 20.2 Å². The van der Waals surface area contributed by atoms with Crippen LogP contribution >= 0.6 is 0 Å². The van der Waals surface area contributed by atoms with Crippen LogP contribution in [0.15, 0.2) is 36.9 Å². The van der Waals surface area contributed by atoms with Crippen molar-refractivity contribution in [3.05, 3.63) is 48.2 Å². The van der Waals surface area contributed by atoms with Crippen LogP contribution in [-0.2, 0) is 0 Å². The Bertz CT molecular complexity index is 997. The van der Waals surface area contributed by atoms with Gasteiger partial charge in [-0.05, 0) is 81.8 Å². The minimum Gasteiger partial charge on any atom is -0.497 e. The topological polar surface area (TPSA) is 74.7 Å². The number of nitrogens with one attached hydrogen (secondary N) is 1. The number of carbonyl (C=O) groups excluding carboxylic acids is 1. The summed E-state index contributed by atoms with van der Waals surface area (Å²) in [5, 5.41) is 15.4. The molecule has 1 aromatic heterocycles. The first-order valence-corrected chi connectivity index (χ1v) is 11.1. The third kappa shape index (κ3) is 4.32. The summed E-state index contributed by atoms with van der Waals surface area (Å²) in [5.74, 6) is 1.50. The van der Waals surface area contributed by atoms with E-state index in [1.165, 1.54) is 0 Å². The molecule has 31 heavy (non-hydrogen) atoms. The standard InChI is InChI=1S/C25H33N3O3/c1-6-15-14-28-10-9-16(15)11-22(28)23(29)19-13-21(24(30)27-25(2,3)4)26-20-8-7-17(31-5)12-18(19)20/h6-8,12-13,15-16,22-23,29H,1,9-11,14H2,2-5H3,(H,27,30)/t15-,16-,22+,23-/m0/s1. The third-order valence-electron chi connectivity index (χ3n) is 6.61. The number of pyridine rings is 1. The molecule has 166 valence electrons. The number of carbonyl (C=O) groups is 1. The van der Waals surface area contributed by atoms with Crippen LogP contribution in [0.25, 0.3) is 10.9 Å². The van der Waals surface area contributed by atoms with Gasteiger partial charge in [0.25, 0.3) is 5.91 Å². The molecule has 2 bridgehead atoms. The SMILES string of the molecule is C=C[C@H]1CN2CC[C@H]1C[C@@H]2[C@@H](O)c1cc(C(=O)NC(C)(C)C)nc2ccc(OC)cc12. The minimum atomic E-state index is -0.715.